The van der Waals surface area contributed by atoms with E-state index >= 15 is 0 Å². The van der Waals surface area contributed by atoms with Crippen molar-refractivity contribution in [3.05, 3.63) is 84.4 Å². The maximum Gasteiger partial charge on any atom is 0.264 e. The van der Waals surface area contributed by atoms with Gasteiger partial charge in [-0.15, -0.1) is 0 Å². The van der Waals surface area contributed by atoms with Crippen molar-refractivity contribution in [2.24, 2.45) is 0 Å². The van der Waals surface area contributed by atoms with Crippen molar-refractivity contribution in [1.82, 2.24) is 10.2 Å². The molecule has 2 amide bonds. The SMILES string of the molecule is CCNC(=O)[C@H](CC)N(Cc1cccc(OC)c1)C(=O)CN(c1ccccc1OCC)S(=O)(=O)c1ccccc1. The van der Waals surface area contributed by atoms with Crippen molar-refractivity contribution in [1.29, 1.82) is 0 Å². The van der Waals surface area contributed by atoms with Gasteiger partial charge in [0.25, 0.3) is 10.0 Å². The van der Waals surface area contributed by atoms with Gasteiger partial charge in [-0.1, -0.05) is 49.4 Å². The van der Waals surface area contributed by atoms with E-state index in [1.807, 2.05) is 13.0 Å². The first-order chi connectivity index (χ1) is 19.3. The molecule has 3 aromatic carbocycles. The molecule has 3 aromatic rings. The van der Waals surface area contributed by atoms with Crippen LogP contribution in [-0.4, -0.2) is 58.0 Å². The summed E-state index contributed by atoms with van der Waals surface area (Å²) >= 11 is 0. The number of methoxy groups -OCH3 is 1. The summed E-state index contributed by atoms with van der Waals surface area (Å²) in [5, 5.41) is 2.80. The van der Waals surface area contributed by atoms with Crippen LogP contribution in [0.4, 0.5) is 5.69 Å². The molecule has 0 aromatic heterocycles. The van der Waals surface area contributed by atoms with Gasteiger partial charge in [0.05, 0.1) is 24.3 Å². The van der Waals surface area contributed by atoms with Crippen LogP contribution in [0.1, 0.15) is 32.8 Å². The van der Waals surface area contributed by atoms with E-state index in [4.69, 9.17) is 9.47 Å². The Balaban J connectivity index is 2.10. The Hall–Kier alpha value is -4.05. The minimum Gasteiger partial charge on any atom is -0.497 e. The summed E-state index contributed by atoms with van der Waals surface area (Å²) in [6.45, 7) is 5.66. The zero-order valence-electron chi connectivity index (χ0n) is 23.4. The lowest BCUT2D eigenvalue weighted by atomic mass is 10.1. The van der Waals surface area contributed by atoms with E-state index in [0.717, 1.165) is 9.87 Å². The molecule has 0 aliphatic carbocycles. The molecule has 0 unspecified atom stereocenters. The number of nitrogens with one attached hydrogen (secondary N) is 1. The predicted molar refractivity (Wildman–Crippen MR) is 155 cm³/mol. The van der Waals surface area contributed by atoms with Gasteiger partial charge in [0.1, 0.15) is 24.1 Å². The summed E-state index contributed by atoms with van der Waals surface area (Å²) in [5.74, 6) is 0.0856. The van der Waals surface area contributed by atoms with Gasteiger partial charge in [0.2, 0.25) is 11.8 Å². The molecule has 0 fully saturated rings. The summed E-state index contributed by atoms with van der Waals surface area (Å²) in [6.07, 6.45) is 0.336. The lowest BCUT2D eigenvalue weighted by Crippen LogP contribution is -2.52. The summed E-state index contributed by atoms with van der Waals surface area (Å²) in [7, 11) is -2.64. The summed E-state index contributed by atoms with van der Waals surface area (Å²) in [5.41, 5.74) is 0.969. The monoisotopic (exact) mass is 567 g/mol. The highest BCUT2D eigenvalue weighted by Crippen LogP contribution is 2.33. The predicted octanol–water partition coefficient (Wildman–Crippen LogP) is 4.23. The van der Waals surface area contributed by atoms with E-state index in [0.29, 0.717) is 31.1 Å². The number of carbonyl (C=O) groups excluding carboxylic acids is 2. The topological polar surface area (TPSA) is 105 Å². The molecule has 0 heterocycles. The highest BCUT2D eigenvalue weighted by molar-refractivity contribution is 7.92. The molecule has 0 aliphatic rings. The van der Waals surface area contributed by atoms with Crippen LogP contribution < -0.4 is 19.1 Å². The van der Waals surface area contributed by atoms with Crippen LogP contribution in [0.3, 0.4) is 0 Å². The molecule has 0 bridgehead atoms. The van der Waals surface area contributed by atoms with Crippen LogP contribution in [0.15, 0.2) is 83.8 Å². The third kappa shape index (κ3) is 7.32. The Morgan fingerprint density at radius 1 is 0.925 bits per heavy atom. The Morgan fingerprint density at radius 3 is 2.27 bits per heavy atom. The second kappa shape index (κ2) is 14.4. The normalized spacial score (nSPS) is 11.8. The number of anilines is 1. The average Bonchev–Trinajstić information content (AvgIpc) is 2.97. The molecule has 0 saturated carbocycles. The Labute approximate surface area is 236 Å². The molecular weight excluding hydrogens is 530 g/mol. The van der Waals surface area contributed by atoms with E-state index in [-0.39, 0.29) is 23.0 Å². The van der Waals surface area contributed by atoms with Crippen molar-refractivity contribution in [2.45, 2.75) is 44.7 Å². The zero-order chi connectivity index (χ0) is 29.1. The molecule has 0 saturated heterocycles. The number of ether oxygens (including phenoxy) is 2. The molecule has 0 aliphatic heterocycles. The quantitative estimate of drug-likeness (QED) is 0.313. The zero-order valence-corrected chi connectivity index (χ0v) is 24.2. The summed E-state index contributed by atoms with van der Waals surface area (Å²) in [6, 6.07) is 21.0. The molecule has 3 rings (SSSR count). The van der Waals surface area contributed by atoms with Crippen molar-refractivity contribution in [2.75, 3.05) is 31.1 Å². The van der Waals surface area contributed by atoms with Gasteiger partial charge < -0.3 is 19.7 Å². The van der Waals surface area contributed by atoms with Crippen LogP contribution in [0.5, 0.6) is 11.5 Å². The second-order valence-corrected chi connectivity index (χ2v) is 10.8. The third-order valence-corrected chi connectivity index (χ3v) is 8.04. The number of amides is 2. The fraction of sp³-hybridized carbons (Fsp3) is 0.333. The van der Waals surface area contributed by atoms with E-state index in [1.54, 1.807) is 81.6 Å². The fourth-order valence-electron chi connectivity index (χ4n) is 4.35. The third-order valence-electron chi connectivity index (χ3n) is 6.27. The van der Waals surface area contributed by atoms with E-state index in [2.05, 4.69) is 5.32 Å². The summed E-state index contributed by atoms with van der Waals surface area (Å²) < 4.78 is 40.1. The van der Waals surface area contributed by atoms with Crippen molar-refractivity contribution in [3.63, 3.8) is 0 Å². The standard InChI is InChI=1S/C30H37N3O6S/c1-5-26(30(35)31-6-2)32(21-23-14-13-15-24(20-23)38-4)29(34)22-33(27-18-11-12-19-28(27)39-7-3)40(36,37)25-16-9-8-10-17-25/h8-20,26H,5-7,21-22H2,1-4H3,(H,31,35)/t26-/m0/s1. The first kappa shape index (κ1) is 30.5. The number of likely N-dealkylation sites (N-methyl/N-ethyl adjacent to an activating group) is 1. The van der Waals surface area contributed by atoms with Gasteiger partial charge in [0.15, 0.2) is 0 Å². The van der Waals surface area contributed by atoms with Gasteiger partial charge >= 0.3 is 0 Å². The molecule has 1 atom stereocenters. The highest BCUT2D eigenvalue weighted by atomic mass is 32.2. The van der Waals surface area contributed by atoms with Crippen molar-refractivity contribution in [3.8, 4) is 11.5 Å². The van der Waals surface area contributed by atoms with Crippen LogP contribution in [0.25, 0.3) is 0 Å². The maximum atomic E-state index is 14.1. The molecule has 0 radical (unpaired) electrons. The first-order valence-corrected chi connectivity index (χ1v) is 14.7. The first-order valence-electron chi connectivity index (χ1n) is 13.3. The number of hydrogen-bond donors (Lipinski definition) is 1. The lowest BCUT2D eigenvalue weighted by molar-refractivity contribution is -0.140. The largest absolute Gasteiger partial charge is 0.497 e. The number of hydrogen-bond acceptors (Lipinski definition) is 6. The fourth-order valence-corrected chi connectivity index (χ4v) is 5.80. The van der Waals surface area contributed by atoms with Crippen LogP contribution in [-0.2, 0) is 26.2 Å². The van der Waals surface area contributed by atoms with E-state index < -0.39 is 28.5 Å². The highest BCUT2D eigenvalue weighted by Gasteiger charge is 2.34. The van der Waals surface area contributed by atoms with Crippen molar-refractivity contribution < 1.29 is 27.5 Å². The van der Waals surface area contributed by atoms with Gasteiger partial charge in [-0.3, -0.25) is 13.9 Å². The van der Waals surface area contributed by atoms with Crippen LogP contribution >= 0.6 is 0 Å². The molecule has 9 nitrogen and oxygen atoms in total. The number of benzene rings is 3. The van der Waals surface area contributed by atoms with E-state index in [1.165, 1.54) is 17.0 Å². The molecular formula is C30H37N3O6S. The van der Waals surface area contributed by atoms with Crippen LogP contribution in [0, 0.1) is 0 Å². The Kier molecular flexibility index (Phi) is 11.0. The second-order valence-electron chi connectivity index (χ2n) is 8.92. The molecule has 1 N–H and O–H groups in total. The van der Waals surface area contributed by atoms with Gasteiger partial charge in [-0.25, -0.2) is 8.42 Å². The number of rotatable bonds is 14. The van der Waals surface area contributed by atoms with Gasteiger partial charge in [-0.05, 0) is 62.2 Å². The Bertz CT molecular complexity index is 1380. The molecule has 10 heteroatoms. The molecule has 0 spiro atoms. The van der Waals surface area contributed by atoms with Gasteiger partial charge in [-0.2, -0.15) is 0 Å². The molecule has 214 valence electrons. The maximum absolute atomic E-state index is 14.1. The van der Waals surface area contributed by atoms with Crippen LogP contribution in [0.2, 0.25) is 0 Å². The number of nitrogens with zero attached hydrogens (tertiary/aromatic N) is 2. The molecule has 40 heavy (non-hydrogen) atoms. The van der Waals surface area contributed by atoms with E-state index in [9.17, 15) is 18.0 Å². The summed E-state index contributed by atoms with van der Waals surface area (Å²) in [4.78, 5) is 28.6. The lowest BCUT2D eigenvalue weighted by Gasteiger charge is -2.33. The van der Waals surface area contributed by atoms with Gasteiger partial charge in [0, 0.05) is 13.1 Å². The number of sulfonamides is 1. The minimum atomic E-state index is -4.18. The van der Waals surface area contributed by atoms with Crippen molar-refractivity contribution >= 4 is 27.5 Å². The smallest absolute Gasteiger partial charge is 0.264 e. The average molecular weight is 568 g/mol. The number of para-hydroxylation sites is 2. The Morgan fingerprint density at radius 2 is 1.62 bits per heavy atom. The minimum absolute atomic E-state index is 0.0317. The number of carbonyl (C=O) groups is 2.